The van der Waals surface area contributed by atoms with E-state index in [1.807, 2.05) is 153 Å². The van der Waals surface area contributed by atoms with Crippen molar-refractivity contribution in [2.24, 2.45) is 0 Å². The van der Waals surface area contributed by atoms with E-state index in [1.54, 1.807) is 0 Å². The summed E-state index contributed by atoms with van der Waals surface area (Å²) in [5, 5.41) is 0. The van der Waals surface area contributed by atoms with E-state index in [-0.39, 0.29) is 16.2 Å². The summed E-state index contributed by atoms with van der Waals surface area (Å²) >= 11 is 0. The first-order chi connectivity index (χ1) is 55.3. The number of fused-ring (bicyclic) bond motifs is 9. The van der Waals surface area contributed by atoms with Gasteiger partial charge in [-0.2, -0.15) is 0 Å². The Morgan fingerprint density at radius 3 is 0.500 bits per heavy atom. The van der Waals surface area contributed by atoms with Gasteiger partial charge in [-0.05, 0) is 159 Å². The SMILES string of the molecule is CC.CC.CC.CC.CC.CC.CC.CC.CC.CC1(c2ccccc2)c2ccccc2-c2ccccc21.CC1(c2ccccc2)c2ccccc2-c2ccccc21.CC1(c2ccccc2)c2ccccc2-c2ccccc21.CN(C)c1ccc(N(C)C)cc1.CN(C)c1cccc(N(C)C)c1.CN(C)c1ccccc1N(C)C. The normalized spacial score (nSPS) is 11.2. The van der Waals surface area contributed by atoms with Crippen LogP contribution >= 0.6 is 0 Å². The van der Waals surface area contributed by atoms with E-state index in [0.29, 0.717) is 0 Å². The summed E-state index contributed by atoms with van der Waals surface area (Å²) < 4.78 is 0. The molecule has 0 heterocycles. The van der Waals surface area contributed by atoms with E-state index >= 15 is 0 Å². The third kappa shape index (κ3) is 25.5. The third-order valence-electron chi connectivity index (χ3n) is 19.3. The fourth-order valence-corrected chi connectivity index (χ4v) is 13.9. The van der Waals surface area contributed by atoms with Crippen molar-refractivity contribution in [3.8, 4) is 33.4 Å². The lowest BCUT2D eigenvalue weighted by Crippen LogP contribution is -2.22. The Labute approximate surface area is 698 Å². The van der Waals surface area contributed by atoms with Gasteiger partial charge in [-0.15, -0.1) is 0 Å². The molecule has 612 valence electrons. The van der Waals surface area contributed by atoms with Gasteiger partial charge >= 0.3 is 0 Å². The molecule has 6 heteroatoms. The van der Waals surface area contributed by atoms with Crippen LogP contribution in [-0.4, -0.2) is 84.6 Å². The van der Waals surface area contributed by atoms with Crippen molar-refractivity contribution < 1.29 is 0 Å². The van der Waals surface area contributed by atoms with Crippen LogP contribution in [0, 0.1) is 0 Å². The van der Waals surface area contributed by atoms with Crippen LogP contribution in [0.2, 0.25) is 0 Å². The molecule has 0 saturated carbocycles. The monoisotopic (exact) mass is 1530 g/mol. The van der Waals surface area contributed by atoms with Crippen LogP contribution < -0.4 is 29.4 Å². The molecule has 12 aromatic carbocycles. The summed E-state index contributed by atoms with van der Waals surface area (Å²) in [6, 6.07) is 110. The molecule has 12 aromatic rings. The fraction of sp³-hybridized carbons (Fsp3) is 0.333. The maximum absolute atomic E-state index is 2.34. The Morgan fingerprint density at radius 2 is 0.325 bits per heavy atom. The number of rotatable bonds is 9. The van der Waals surface area contributed by atoms with Crippen molar-refractivity contribution in [1.82, 2.24) is 0 Å². The molecule has 3 aliphatic rings. The average Bonchev–Trinajstić information content (AvgIpc) is 1.58. The van der Waals surface area contributed by atoms with Gasteiger partial charge in [0.1, 0.15) is 0 Å². The van der Waals surface area contributed by atoms with E-state index in [4.69, 9.17) is 0 Å². The summed E-state index contributed by atoms with van der Waals surface area (Å²) in [5.74, 6) is 0. The lowest BCUT2D eigenvalue weighted by Gasteiger charge is -2.28. The Morgan fingerprint density at radius 1 is 0.158 bits per heavy atom. The molecular weight excluding hydrogens is 1380 g/mol. The van der Waals surface area contributed by atoms with Gasteiger partial charge in [-0.1, -0.05) is 379 Å². The van der Waals surface area contributed by atoms with E-state index < -0.39 is 0 Å². The highest BCUT2D eigenvalue weighted by Gasteiger charge is 2.42. The highest BCUT2D eigenvalue weighted by atomic mass is 15.1. The van der Waals surface area contributed by atoms with E-state index in [2.05, 4.69) is 416 Å². The maximum atomic E-state index is 2.34. The molecule has 0 aromatic heterocycles. The van der Waals surface area contributed by atoms with E-state index in [0.717, 1.165) is 0 Å². The zero-order chi connectivity index (χ0) is 86.2. The molecule has 0 amide bonds. The quantitative estimate of drug-likeness (QED) is 0.142. The predicted octanol–water partition coefficient (Wildman–Crippen LogP) is 29.8. The molecule has 6 nitrogen and oxygen atoms in total. The molecule has 3 aliphatic carbocycles. The van der Waals surface area contributed by atoms with Crippen LogP contribution in [0.5, 0.6) is 0 Å². The first-order valence-electron chi connectivity index (χ1n) is 42.4. The Balaban J connectivity index is 0.000000665. The predicted molar refractivity (Wildman–Crippen MR) is 519 cm³/mol. The number of benzene rings is 12. The van der Waals surface area contributed by atoms with Gasteiger partial charge in [-0.25, -0.2) is 0 Å². The number of para-hydroxylation sites is 2. The van der Waals surface area contributed by atoms with Gasteiger partial charge in [0.05, 0.1) is 11.4 Å². The van der Waals surface area contributed by atoms with Crippen LogP contribution in [0.3, 0.4) is 0 Å². The van der Waals surface area contributed by atoms with Crippen LogP contribution in [-0.2, 0) is 16.2 Å². The summed E-state index contributed by atoms with van der Waals surface area (Å²) in [5.41, 5.74) is 28.1. The molecule has 0 fully saturated rings. The van der Waals surface area contributed by atoms with Crippen molar-refractivity contribution in [1.29, 1.82) is 0 Å². The van der Waals surface area contributed by atoms with Crippen LogP contribution in [0.15, 0.2) is 309 Å². The summed E-state index contributed by atoms with van der Waals surface area (Å²) in [6.07, 6.45) is 0. The van der Waals surface area contributed by atoms with Gasteiger partial charge in [0.15, 0.2) is 0 Å². The highest BCUT2D eigenvalue weighted by molar-refractivity contribution is 5.85. The van der Waals surface area contributed by atoms with Crippen LogP contribution in [0.1, 0.15) is 195 Å². The van der Waals surface area contributed by atoms with Gasteiger partial charge in [-0.3, -0.25) is 0 Å². The minimum Gasteiger partial charge on any atom is -0.378 e. The second-order valence-electron chi connectivity index (χ2n) is 26.6. The molecule has 0 spiro atoms. The van der Waals surface area contributed by atoms with Crippen molar-refractivity contribution in [2.45, 2.75) is 162 Å². The molecule has 0 aliphatic heterocycles. The summed E-state index contributed by atoms with van der Waals surface area (Å²) in [6.45, 7) is 43.0. The number of nitrogens with zero attached hydrogens (tertiary/aromatic N) is 6. The standard InChI is InChI=1S/3C20H16.3C10H16N2.9C2H6/c3*1-20(15-9-3-2-4-10-15)18-13-7-5-11-16(18)17-12-6-8-14-19(17)20;1-11(2)9-5-7-10(8-6-9)12(3)4;1-11(2)9-6-5-7-10(8-9)12(3)4;1-11(2)9-7-5-6-8-10(9)12(3)4;9*1-2/h3*2-14H,1H3;3*5-8H,1-4H3;9*1-2H3. The molecule has 0 unspecified atom stereocenters. The van der Waals surface area contributed by atoms with Crippen molar-refractivity contribution in [3.05, 3.63) is 359 Å². The minimum atomic E-state index is -0.0472. The van der Waals surface area contributed by atoms with Gasteiger partial charge < -0.3 is 29.4 Å². The van der Waals surface area contributed by atoms with Crippen LogP contribution in [0.4, 0.5) is 34.1 Å². The van der Waals surface area contributed by atoms with Crippen molar-refractivity contribution in [2.75, 3.05) is 114 Å². The number of hydrogen-bond acceptors (Lipinski definition) is 6. The molecule has 0 saturated heterocycles. The highest BCUT2D eigenvalue weighted by Crippen LogP contribution is 2.55. The molecule has 0 bridgehead atoms. The maximum Gasteiger partial charge on any atom is 0.0598 e. The van der Waals surface area contributed by atoms with E-state index in [9.17, 15) is 0 Å². The average molecular weight is 1530 g/mol. The van der Waals surface area contributed by atoms with Crippen molar-refractivity contribution >= 4 is 34.1 Å². The zero-order valence-corrected chi connectivity index (χ0v) is 77.1. The summed E-state index contributed by atoms with van der Waals surface area (Å²) in [7, 11) is 24.6. The molecule has 0 N–H and O–H groups in total. The molecule has 114 heavy (non-hydrogen) atoms. The number of hydrogen-bond donors (Lipinski definition) is 0. The van der Waals surface area contributed by atoms with Gasteiger partial charge in [0, 0.05) is 124 Å². The Kier molecular flexibility index (Phi) is 48.2. The zero-order valence-electron chi connectivity index (χ0n) is 77.1. The fourth-order valence-electron chi connectivity index (χ4n) is 13.9. The van der Waals surface area contributed by atoms with Gasteiger partial charge in [0.25, 0.3) is 0 Å². The molecule has 15 rings (SSSR count). The second-order valence-corrected chi connectivity index (χ2v) is 26.6. The van der Waals surface area contributed by atoms with Gasteiger partial charge in [0.2, 0.25) is 0 Å². The largest absolute Gasteiger partial charge is 0.378 e. The van der Waals surface area contributed by atoms with Crippen LogP contribution in [0.25, 0.3) is 33.4 Å². The lowest BCUT2D eigenvalue weighted by molar-refractivity contribution is 0.714. The number of anilines is 6. The first-order valence-corrected chi connectivity index (χ1v) is 42.4. The third-order valence-corrected chi connectivity index (χ3v) is 19.3. The Bertz CT molecular complexity index is 3940. The lowest BCUT2D eigenvalue weighted by atomic mass is 9.74. The smallest absolute Gasteiger partial charge is 0.0598 e. The topological polar surface area (TPSA) is 19.4 Å². The second kappa shape index (κ2) is 54.2. The summed E-state index contributed by atoms with van der Waals surface area (Å²) in [4.78, 5) is 12.6. The Hall–Kier alpha value is -10.6. The minimum absolute atomic E-state index is 0.0472. The molecule has 0 atom stereocenters. The molecular formula is C108H150N6. The van der Waals surface area contributed by atoms with Crippen molar-refractivity contribution in [3.63, 3.8) is 0 Å². The van der Waals surface area contributed by atoms with E-state index in [1.165, 1.54) is 118 Å². The first kappa shape index (κ1) is 101. The molecule has 0 radical (unpaired) electrons.